The molecule has 1 fully saturated rings. The highest BCUT2D eigenvalue weighted by molar-refractivity contribution is 5.78. The van der Waals surface area contributed by atoms with E-state index in [1.807, 2.05) is 42.3 Å². The van der Waals surface area contributed by atoms with Gasteiger partial charge in [-0.1, -0.05) is 18.2 Å². The molecule has 134 valence electrons. The van der Waals surface area contributed by atoms with Crippen LogP contribution in [0.4, 0.5) is 0 Å². The molecular weight excluding hydrogens is 330 g/mol. The number of carbonyl (C=O) groups excluding carboxylic acids is 1. The predicted molar refractivity (Wildman–Crippen MR) is 96.8 cm³/mol. The SMILES string of the molecule is Cn1nc(C2CCCN(C(=O)COc3ccccc3)C2)c2nccnc21. The Morgan fingerprint density at radius 3 is 2.88 bits per heavy atom. The van der Waals surface area contributed by atoms with Crippen molar-refractivity contribution < 1.29 is 9.53 Å². The average molecular weight is 351 g/mol. The molecule has 1 aromatic carbocycles. The lowest BCUT2D eigenvalue weighted by molar-refractivity contribution is -0.134. The lowest BCUT2D eigenvalue weighted by atomic mass is 9.94. The van der Waals surface area contributed by atoms with Gasteiger partial charge in [0.25, 0.3) is 5.91 Å². The predicted octanol–water partition coefficient (Wildman–Crippen LogP) is 2.15. The van der Waals surface area contributed by atoms with Crippen LogP contribution in [0.25, 0.3) is 11.2 Å². The van der Waals surface area contributed by atoms with Crippen LogP contribution in [-0.2, 0) is 11.8 Å². The number of hydrogen-bond acceptors (Lipinski definition) is 5. The van der Waals surface area contributed by atoms with Gasteiger partial charge in [-0.2, -0.15) is 5.10 Å². The molecule has 0 bridgehead atoms. The van der Waals surface area contributed by atoms with Crippen LogP contribution >= 0.6 is 0 Å². The zero-order valence-electron chi connectivity index (χ0n) is 14.7. The van der Waals surface area contributed by atoms with E-state index in [1.54, 1.807) is 17.1 Å². The number of nitrogens with zero attached hydrogens (tertiary/aromatic N) is 5. The van der Waals surface area contributed by atoms with Crippen molar-refractivity contribution in [3.05, 3.63) is 48.4 Å². The van der Waals surface area contributed by atoms with Crippen LogP contribution in [0.2, 0.25) is 0 Å². The summed E-state index contributed by atoms with van der Waals surface area (Å²) < 4.78 is 7.36. The number of aromatic nitrogens is 4. The number of ether oxygens (including phenoxy) is 1. The topological polar surface area (TPSA) is 73.1 Å². The Morgan fingerprint density at radius 1 is 1.23 bits per heavy atom. The highest BCUT2D eigenvalue weighted by atomic mass is 16.5. The van der Waals surface area contributed by atoms with E-state index in [-0.39, 0.29) is 18.4 Å². The highest BCUT2D eigenvalue weighted by Gasteiger charge is 2.28. The van der Waals surface area contributed by atoms with E-state index in [2.05, 4.69) is 15.1 Å². The van der Waals surface area contributed by atoms with Crippen molar-refractivity contribution in [1.29, 1.82) is 0 Å². The van der Waals surface area contributed by atoms with Gasteiger partial charge in [0, 0.05) is 38.4 Å². The van der Waals surface area contributed by atoms with Gasteiger partial charge in [-0.05, 0) is 25.0 Å². The highest BCUT2D eigenvalue weighted by Crippen LogP contribution is 2.29. The molecule has 0 saturated carbocycles. The molecule has 0 radical (unpaired) electrons. The van der Waals surface area contributed by atoms with Crippen LogP contribution in [0.5, 0.6) is 5.75 Å². The number of hydrogen-bond donors (Lipinski definition) is 0. The fourth-order valence-electron chi connectivity index (χ4n) is 3.46. The molecule has 1 unspecified atom stereocenters. The number of carbonyl (C=O) groups is 1. The summed E-state index contributed by atoms with van der Waals surface area (Å²) in [6.07, 6.45) is 5.30. The van der Waals surface area contributed by atoms with Crippen molar-refractivity contribution >= 4 is 17.1 Å². The summed E-state index contributed by atoms with van der Waals surface area (Å²) in [5.74, 6) is 0.884. The number of benzene rings is 1. The van der Waals surface area contributed by atoms with E-state index in [0.717, 1.165) is 36.2 Å². The van der Waals surface area contributed by atoms with E-state index >= 15 is 0 Å². The maximum Gasteiger partial charge on any atom is 0.260 e. The Morgan fingerprint density at radius 2 is 2.04 bits per heavy atom. The molecule has 1 amide bonds. The van der Waals surface area contributed by atoms with Gasteiger partial charge >= 0.3 is 0 Å². The fourth-order valence-corrected chi connectivity index (χ4v) is 3.46. The maximum absolute atomic E-state index is 12.6. The summed E-state index contributed by atoms with van der Waals surface area (Å²) in [6, 6.07) is 9.41. The van der Waals surface area contributed by atoms with Crippen molar-refractivity contribution in [3.63, 3.8) is 0 Å². The summed E-state index contributed by atoms with van der Waals surface area (Å²) >= 11 is 0. The molecule has 7 heteroatoms. The smallest absolute Gasteiger partial charge is 0.260 e. The van der Waals surface area contributed by atoms with Gasteiger partial charge < -0.3 is 9.64 Å². The average Bonchev–Trinajstić information content (AvgIpc) is 3.04. The third kappa shape index (κ3) is 3.24. The van der Waals surface area contributed by atoms with Gasteiger partial charge in [-0.25, -0.2) is 14.6 Å². The van der Waals surface area contributed by atoms with E-state index in [4.69, 9.17) is 4.74 Å². The second-order valence-electron chi connectivity index (χ2n) is 6.52. The summed E-state index contributed by atoms with van der Waals surface area (Å²) in [4.78, 5) is 23.2. The number of aryl methyl sites for hydroxylation is 1. The van der Waals surface area contributed by atoms with Crippen molar-refractivity contribution in [2.24, 2.45) is 7.05 Å². The lowest BCUT2D eigenvalue weighted by Crippen LogP contribution is -2.41. The van der Waals surface area contributed by atoms with Crippen LogP contribution < -0.4 is 4.74 Å². The van der Waals surface area contributed by atoms with Crippen LogP contribution in [0, 0.1) is 0 Å². The standard InChI is InChI=1S/C19H21N5O2/c1-23-19-18(20-9-10-21-19)17(22-23)14-6-5-11-24(12-14)16(25)13-26-15-7-3-2-4-8-15/h2-4,7-10,14H,5-6,11-13H2,1H3. The molecule has 7 nitrogen and oxygen atoms in total. The van der Waals surface area contributed by atoms with Gasteiger partial charge in [0.15, 0.2) is 12.3 Å². The zero-order chi connectivity index (χ0) is 17.9. The first-order valence-electron chi connectivity index (χ1n) is 8.81. The molecule has 1 aliphatic rings. The summed E-state index contributed by atoms with van der Waals surface area (Å²) in [5.41, 5.74) is 2.53. The fraction of sp³-hybridized carbons (Fsp3) is 0.368. The van der Waals surface area contributed by atoms with Gasteiger partial charge in [0.1, 0.15) is 11.3 Å². The Kier molecular flexibility index (Phi) is 4.51. The second kappa shape index (κ2) is 7.11. The zero-order valence-corrected chi connectivity index (χ0v) is 14.7. The Hall–Kier alpha value is -2.96. The summed E-state index contributed by atoms with van der Waals surface area (Å²) in [6.45, 7) is 1.45. The van der Waals surface area contributed by atoms with Gasteiger partial charge in [-0.3, -0.25) is 4.79 Å². The number of piperidine rings is 1. The van der Waals surface area contributed by atoms with E-state index in [9.17, 15) is 4.79 Å². The molecule has 0 aliphatic carbocycles. The Balaban J connectivity index is 1.46. The third-order valence-corrected chi connectivity index (χ3v) is 4.75. The van der Waals surface area contributed by atoms with Crippen LogP contribution in [0.1, 0.15) is 24.5 Å². The van der Waals surface area contributed by atoms with Crippen molar-refractivity contribution in [2.45, 2.75) is 18.8 Å². The largest absolute Gasteiger partial charge is 0.484 e. The van der Waals surface area contributed by atoms with E-state index in [0.29, 0.717) is 12.3 Å². The summed E-state index contributed by atoms with van der Waals surface area (Å²) in [5, 5.41) is 4.62. The van der Waals surface area contributed by atoms with E-state index < -0.39 is 0 Å². The molecule has 3 aromatic rings. The molecule has 2 aromatic heterocycles. The maximum atomic E-state index is 12.6. The van der Waals surface area contributed by atoms with E-state index in [1.165, 1.54) is 0 Å². The van der Waals surface area contributed by atoms with Crippen molar-refractivity contribution in [3.8, 4) is 5.75 Å². The number of likely N-dealkylation sites (tertiary alicyclic amines) is 1. The van der Waals surface area contributed by atoms with Gasteiger partial charge in [0.2, 0.25) is 0 Å². The minimum Gasteiger partial charge on any atom is -0.484 e. The van der Waals surface area contributed by atoms with Crippen LogP contribution in [-0.4, -0.2) is 50.3 Å². The minimum atomic E-state index is 0.00451. The van der Waals surface area contributed by atoms with Crippen LogP contribution in [0.15, 0.2) is 42.7 Å². The van der Waals surface area contributed by atoms with Crippen LogP contribution in [0.3, 0.4) is 0 Å². The van der Waals surface area contributed by atoms with Gasteiger partial charge in [-0.15, -0.1) is 0 Å². The Bertz CT molecular complexity index is 909. The molecule has 1 saturated heterocycles. The molecule has 3 heterocycles. The molecule has 0 spiro atoms. The molecule has 26 heavy (non-hydrogen) atoms. The third-order valence-electron chi connectivity index (χ3n) is 4.75. The Labute approximate surface area is 151 Å². The molecule has 1 atom stereocenters. The first kappa shape index (κ1) is 16.5. The lowest BCUT2D eigenvalue weighted by Gasteiger charge is -2.32. The number of para-hydroxylation sites is 1. The minimum absolute atomic E-state index is 0.00451. The number of fused-ring (bicyclic) bond motifs is 1. The molecule has 1 aliphatic heterocycles. The second-order valence-corrected chi connectivity index (χ2v) is 6.52. The molecular formula is C19H21N5O2. The van der Waals surface area contributed by atoms with Crippen molar-refractivity contribution in [1.82, 2.24) is 24.6 Å². The first-order chi connectivity index (χ1) is 12.7. The quantitative estimate of drug-likeness (QED) is 0.720. The van der Waals surface area contributed by atoms with Crippen molar-refractivity contribution in [2.75, 3.05) is 19.7 Å². The molecule has 4 rings (SSSR count). The normalized spacial score (nSPS) is 17.4. The first-order valence-corrected chi connectivity index (χ1v) is 8.81. The molecule has 0 N–H and O–H groups in total. The summed E-state index contributed by atoms with van der Waals surface area (Å²) in [7, 11) is 1.87. The van der Waals surface area contributed by atoms with Gasteiger partial charge in [0.05, 0.1) is 5.69 Å². The monoisotopic (exact) mass is 351 g/mol. The number of amides is 1. The number of rotatable bonds is 4.